The smallest absolute Gasteiger partial charge is 0.240 e. The quantitative estimate of drug-likeness (QED) is 0.519. The van der Waals surface area contributed by atoms with E-state index in [0.717, 1.165) is 28.7 Å². The van der Waals surface area contributed by atoms with Gasteiger partial charge in [0.15, 0.2) is 5.82 Å². The van der Waals surface area contributed by atoms with E-state index >= 15 is 0 Å². The van der Waals surface area contributed by atoms with Crippen molar-refractivity contribution in [2.75, 3.05) is 7.05 Å². The number of rotatable bonds is 6. The normalized spacial score (nSPS) is 11.5. The van der Waals surface area contributed by atoms with E-state index in [2.05, 4.69) is 23.8 Å². The number of aromatic nitrogens is 4. The van der Waals surface area contributed by atoms with Gasteiger partial charge in [-0.15, -0.1) is 0 Å². The molecule has 0 amide bonds. The van der Waals surface area contributed by atoms with Crippen LogP contribution in [0.25, 0.3) is 11.0 Å². The van der Waals surface area contributed by atoms with Crippen molar-refractivity contribution in [3.8, 4) is 0 Å². The van der Waals surface area contributed by atoms with Crippen molar-refractivity contribution in [3.05, 3.63) is 71.1 Å². The van der Waals surface area contributed by atoms with Crippen molar-refractivity contribution in [2.45, 2.75) is 19.5 Å². The van der Waals surface area contributed by atoms with E-state index in [-0.39, 0.29) is 5.82 Å². The molecule has 0 saturated carbocycles. The molecule has 2 aromatic heterocycles. The monoisotopic (exact) mass is 369 g/mol. The Kier molecular flexibility index (Phi) is 4.68. The Morgan fingerprint density at radius 3 is 2.81 bits per heavy atom. The highest BCUT2D eigenvalue weighted by Crippen LogP contribution is 2.16. The maximum absolute atomic E-state index is 13.3. The second kappa shape index (κ2) is 7.27. The highest BCUT2D eigenvalue weighted by molar-refractivity contribution is 7.00. The highest BCUT2D eigenvalue weighted by atomic mass is 32.1. The lowest BCUT2D eigenvalue weighted by molar-refractivity contribution is 0.260. The largest absolute Gasteiger partial charge is 0.338 e. The van der Waals surface area contributed by atoms with E-state index in [0.29, 0.717) is 24.7 Å². The van der Waals surface area contributed by atoms with Crippen molar-refractivity contribution in [1.29, 1.82) is 0 Å². The highest BCUT2D eigenvalue weighted by Gasteiger charge is 2.11. The van der Waals surface area contributed by atoms with E-state index in [1.807, 2.05) is 31.3 Å². The number of halogens is 1. The van der Waals surface area contributed by atoms with Crippen molar-refractivity contribution in [1.82, 2.24) is 23.8 Å². The molecule has 26 heavy (non-hydrogen) atoms. The van der Waals surface area contributed by atoms with E-state index in [4.69, 9.17) is 4.52 Å². The fourth-order valence-electron chi connectivity index (χ4n) is 2.78. The minimum Gasteiger partial charge on any atom is -0.338 e. The van der Waals surface area contributed by atoms with E-state index in [1.54, 1.807) is 6.07 Å². The van der Waals surface area contributed by atoms with Gasteiger partial charge in [0, 0.05) is 13.0 Å². The zero-order valence-electron chi connectivity index (χ0n) is 14.1. The fourth-order valence-corrected chi connectivity index (χ4v) is 3.30. The van der Waals surface area contributed by atoms with Crippen LogP contribution in [0.2, 0.25) is 0 Å². The minimum absolute atomic E-state index is 0.266. The van der Waals surface area contributed by atoms with Crippen molar-refractivity contribution < 1.29 is 8.91 Å². The predicted octanol–water partition coefficient (Wildman–Crippen LogP) is 3.44. The number of hydrogen-bond donors (Lipinski definition) is 0. The standard InChI is InChI=1S/C18H16FN5OS/c1-24(10-13-5-6-15-16(8-13)23-26-22-15)11-18-20-17(21-25-18)9-12-3-2-4-14(19)7-12/h2-8H,9-11H2,1H3. The SMILES string of the molecule is CN(Cc1ccc2nsnc2c1)Cc1nc(Cc2cccc(F)c2)no1. The summed E-state index contributed by atoms with van der Waals surface area (Å²) in [7, 11) is 1.99. The summed E-state index contributed by atoms with van der Waals surface area (Å²) in [5, 5.41) is 3.98. The van der Waals surface area contributed by atoms with Gasteiger partial charge in [-0.25, -0.2) is 4.39 Å². The van der Waals surface area contributed by atoms with E-state index in [1.165, 1.54) is 23.9 Å². The lowest BCUT2D eigenvalue weighted by Gasteiger charge is -2.13. The van der Waals surface area contributed by atoms with Crippen LogP contribution in [0.15, 0.2) is 47.0 Å². The molecule has 8 heteroatoms. The first-order valence-corrected chi connectivity index (χ1v) is 8.84. The molecule has 0 spiro atoms. The average Bonchev–Trinajstić information content (AvgIpc) is 3.23. The Labute approximate surface area is 153 Å². The minimum atomic E-state index is -0.266. The fraction of sp³-hybridized carbons (Fsp3) is 0.222. The van der Waals surface area contributed by atoms with Gasteiger partial charge >= 0.3 is 0 Å². The summed E-state index contributed by atoms with van der Waals surface area (Å²) in [4.78, 5) is 6.48. The summed E-state index contributed by atoms with van der Waals surface area (Å²) in [5.74, 6) is 0.822. The van der Waals surface area contributed by atoms with Crippen LogP contribution in [-0.2, 0) is 19.5 Å². The summed E-state index contributed by atoms with van der Waals surface area (Å²) in [6.07, 6.45) is 0.443. The first-order chi connectivity index (χ1) is 12.7. The van der Waals surface area contributed by atoms with Gasteiger partial charge in [-0.05, 0) is 42.4 Å². The lowest BCUT2D eigenvalue weighted by Crippen LogP contribution is -2.17. The predicted molar refractivity (Wildman–Crippen MR) is 96.1 cm³/mol. The molecule has 2 heterocycles. The Morgan fingerprint density at radius 1 is 1.04 bits per heavy atom. The Morgan fingerprint density at radius 2 is 1.92 bits per heavy atom. The molecular weight excluding hydrogens is 353 g/mol. The molecule has 0 saturated heterocycles. The second-order valence-corrected chi connectivity index (χ2v) is 6.70. The molecular formula is C18H16FN5OS. The molecule has 0 aliphatic heterocycles. The van der Waals surface area contributed by atoms with Gasteiger partial charge in [0.05, 0.1) is 18.3 Å². The zero-order chi connectivity index (χ0) is 17.9. The van der Waals surface area contributed by atoms with Crippen LogP contribution in [0.5, 0.6) is 0 Å². The number of fused-ring (bicyclic) bond motifs is 1. The third-order valence-corrected chi connectivity index (χ3v) is 4.49. The number of nitrogens with zero attached hydrogens (tertiary/aromatic N) is 5. The molecule has 0 radical (unpaired) electrons. The summed E-state index contributed by atoms with van der Waals surface area (Å²) in [6.45, 7) is 1.26. The van der Waals surface area contributed by atoms with Gasteiger partial charge < -0.3 is 4.52 Å². The van der Waals surface area contributed by atoms with Crippen LogP contribution >= 0.6 is 11.7 Å². The van der Waals surface area contributed by atoms with Crippen LogP contribution in [0, 0.1) is 5.82 Å². The van der Waals surface area contributed by atoms with Crippen molar-refractivity contribution in [2.24, 2.45) is 0 Å². The molecule has 0 N–H and O–H groups in total. The summed E-state index contributed by atoms with van der Waals surface area (Å²) in [5.41, 5.74) is 3.79. The topological polar surface area (TPSA) is 67.9 Å². The third kappa shape index (κ3) is 3.92. The van der Waals surface area contributed by atoms with Gasteiger partial charge in [-0.1, -0.05) is 23.4 Å². The molecule has 0 unspecified atom stereocenters. The Bertz CT molecular complexity index is 1030. The van der Waals surface area contributed by atoms with Gasteiger partial charge in [-0.3, -0.25) is 4.90 Å². The van der Waals surface area contributed by atoms with Gasteiger partial charge in [0.25, 0.3) is 0 Å². The molecule has 4 aromatic rings. The van der Waals surface area contributed by atoms with Gasteiger partial charge in [-0.2, -0.15) is 13.7 Å². The van der Waals surface area contributed by atoms with Gasteiger partial charge in [0.2, 0.25) is 5.89 Å². The van der Waals surface area contributed by atoms with Crippen LogP contribution < -0.4 is 0 Å². The van der Waals surface area contributed by atoms with Crippen LogP contribution in [-0.4, -0.2) is 30.8 Å². The van der Waals surface area contributed by atoms with Crippen LogP contribution in [0.3, 0.4) is 0 Å². The van der Waals surface area contributed by atoms with Crippen molar-refractivity contribution in [3.63, 3.8) is 0 Å². The van der Waals surface area contributed by atoms with Crippen molar-refractivity contribution >= 4 is 22.8 Å². The summed E-state index contributed by atoms with van der Waals surface area (Å²) in [6, 6.07) is 12.5. The molecule has 0 atom stereocenters. The molecule has 0 bridgehead atoms. The molecule has 0 aliphatic rings. The maximum Gasteiger partial charge on any atom is 0.240 e. The number of hydrogen-bond acceptors (Lipinski definition) is 7. The zero-order valence-corrected chi connectivity index (χ0v) is 14.9. The molecule has 0 fully saturated rings. The molecule has 2 aromatic carbocycles. The van der Waals surface area contributed by atoms with E-state index in [9.17, 15) is 4.39 Å². The maximum atomic E-state index is 13.3. The van der Waals surface area contributed by atoms with E-state index < -0.39 is 0 Å². The second-order valence-electron chi connectivity index (χ2n) is 6.17. The summed E-state index contributed by atoms with van der Waals surface area (Å²) < 4.78 is 27.0. The molecule has 132 valence electrons. The third-order valence-electron chi connectivity index (χ3n) is 3.94. The Balaban J connectivity index is 1.38. The lowest BCUT2D eigenvalue weighted by atomic mass is 10.1. The van der Waals surface area contributed by atoms with Crippen LogP contribution in [0.4, 0.5) is 4.39 Å². The molecule has 6 nitrogen and oxygen atoms in total. The molecule has 0 aliphatic carbocycles. The Hall–Kier alpha value is -2.71. The first-order valence-electron chi connectivity index (χ1n) is 8.11. The first kappa shape index (κ1) is 16.7. The van der Waals surface area contributed by atoms with Gasteiger partial charge in [0.1, 0.15) is 16.9 Å². The summed E-state index contributed by atoms with van der Waals surface area (Å²) >= 11 is 1.22. The molecule has 4 rings (SSSR count). The number of benzene rings is 2. The van der Waals surface area contributed by atoms with Crippen LogP contribution in [0.1, 0.15) is 22.8 Å². The average molecular weight is 369 g/mol.